The van der Waals surface area contributed by atoms with Crippen LogP contribution in [0.2, 0.25) is 0 Å². The van der Waals surface area contributed by atoms with Gasteiger partial charge in [-0.15, -0.1) is 26.3 Å². The molecule has 0 radical (unpaired) electrons. The Morgan fingerprint density at radius 2 is 1.20 bits per heavy atom. The molecule has 5 nitrogen and oxygen atoms in total. The van der Waals surface area contributed by atoms with Gasteiger partial charge in [-0.05, 0) is 42.0 Å². The smallest absolute Gasteiger partial charge is 0.406 e. The van der Waals surface area contributed by atoms with Gasteiger partial charge in [0.2, 0.25) is 0 Å². The maximum atomic E-state index is 12.2. The van der Waals surface area contributed by atoms with Crippen LogP contribution in [0.25, 0.3) is 0 Å². The van der Waals surface area contributed by atoms with E-state index in [-0.39, 0.29) is 17.9 Å². The first-order chi connectivity index (χ1) is 14.1. The van der Waals surface area contributed by atoms with Crippen LogP contribution in [0.1, 0.15) is 11.3 Å². The predicted octanol–water partition coefficient (Wildman–Crippen LogP) is 5.61. The molecule has 0 saturated carbocycles. The standard InChI is InChI=1S/C19H13F6N3O2/c20-18(21,22)29-14-5-1-12(2-6-14)11-16-17(27-10-9-26-16)28-13-3-7-15(8-4-13)30-19(23,24)25/h1-10H,11H2,(H,27,28). The summed E-state index contributed by atoms with van der Waals surface area (Å²) in [6.45, 7) is 0. The SMILES string of the molecule is FC(F)(F)Oc1ccc(Cc2nccnc2Nc2ccc(OC(F)(F)F)cc2)cc1. The Morgan fingerprint density at radius 3 is 1.73 bits per heavy atom. The van der Waals surface area contributed by atoms with E-state index >= 15 is 0 Å². The lowest BCUT2D eigenvalue weighted by atomic mass is 10.1. The highest BCUT2D eigenvalue weighted by molar-refractivity contribution is 5.59. The molecular formula is C19H13F6N3O2. The quantitative estimate of drug-likeness (QED) is 0.517. The molecule has 0 aliphatic rings. The third-order valence-corrected chi connectivity index (χ3v) is 3.65. The monoisotopic (exact) mass is 429 g/mol. The third-order valence-electron chi connectivity index (χ3n) is 3.65. The van der Waals surface area contributed by atoms with E-state index in [2.05, 4.69) is 24.8 Å². The summed E-state index contributed by atoms with van der Waals surface area (Å²) < 4.78 is 81.1. The van der Waals surface area contributed by atoms with Gasteiger partial charge < -0.3 is 14.8 Å². The van der Waals surface area contributed by atoms with Gasteiger partial charge in [0.05, 0.1) is 5.69 Å². The number of hydrogen-bond acceptors (Lipinski definition) is 5. The van der Waals surface area contributed by atoms with Gasteiger partial charge in [0.25, 0.3) is 0 Å². The lowest BCUT2D eigenvalue weighted by Gasteiger charge is -2.12. The first kappa shape index (κ1) is 21.2. The third kappa shape index (κ3) is 6.54. The van der Waals surface area contributed by atoms with Gasteiger partial charge in [-0.25, -0.2) is 4.98 Å². The fraction of sp³-hybridized carbons (Fsp3) is 0.158. The van der Waals surface area contributed by atoms with E-state index in [0.717, 1.165) is 12.1 Å². The molecule has 3 rings (SSSR count). The summed E-state index contributed by atoms with van der Waals surface area (Å²) in [5.74, 6) is -0.365. The zero-order chi connectivity index (χ0) is 21.8. The number of rotatable bonds is 6. The molecule has 0 atom stereocenters. The zero-order valence-corrected chi connectivity index (χ0v) is 15.0. The number of benzene rings is 2. The summed E-state index contributed by atoms with van der Waals surface area (Å²) in [7, 11) is 0. The van der Waals surface area contributed by atoms with Crippen LogP contribution in [0.5, 0.6) is 11.5 Å². The number of halogens is 6. The van der Waals surface area contributed by atoms with Crippen molar-refractivity contribution in [3.8, 4) is 11.5 Å². The van der Waals surface area contributed by atoms with E-state index in [0.29, 0.717) is 22.8 Å². The van der Waals surface area contributed by atoms with Crippen molar-refractivity contribution in [3.63, 3.8) is 0 Å². The molecule has 0 spiro atoms. The second-order valence-corrected chi connectivity index (χ2v) is 5.92. The maximum Gasteiger partial charge on any atom is 0.573 e. The van der Waals surface area contributed by atoms with Crippen molar-refractivity contribution in [2.45, 2.75) is 19.1 Å². The summed E-state index contributed by atoms with van der Waals surface area (Å²) in [6.07, 6.45) is -6.44. The van der Waals surface area contributed by atoms with Crippen molar-refractivity contribution >= 4 is 11.5 Å². The van der Waals surface area contributed by atoms with Gasteiger partial charge in [-0.2, -0.15) is 0 Å². The molecular weight excluding hydrogens is 416 g/mol. The Morgan fingerprint density at radius 1 is 0.700 bits per heavy atom. The van der Waals surface area contributed by atoms with E-state index < -0.39 is 12.7 Å². The fourth-order valence-electron chi connectivity index (χ4n) is 2.48. The summed E-state index contributed by atoms with van der Waals surface area (Å²) in [5.41, 5.74) is 1.58. The molecule has 0 amide bonds. The molecule has 0 unspecified atom stereocenters. The molecule has 2 aromatic carbocycles. The maximum absolute atomic E-state index is 12.2. The van der Waals surface area contributed by atoms with E-state index in [1.54, 1.807) is 0 Å². The van der Waals surface area contributed by atoms with Crippen LogP contribution in [0.15, 0.2) is 60.9 Å². The number of nitrogens with zero attached hydrogens (tertiary/aromatic N) is 2. The van der Waals surface area contributed by atoms with Gasteiger partial charge in [0, 0.05) is 24.5 Å². The number of alkyl halides is 6. The zero-order valence-electron chi connectivity index (χ0n) is 15.0. The van der Waals surface area contributed by atoms with E-state index in [4.69, 9.17) is 0 Å². The molecule has 1 heterocycles. The first-order valence-corrected chi connectivity index (χ1v) is 8.35. The van der Waals surface area contributed by atoms with Gasteiger partial charge in [-0.3, -0.25) is 4.98 Å². The van der Waals surface area contributed by atoms with Crippen LogP contribution < -0.4 is 14.8 Å². The van der Waals surface area contributed by atoms with Crippen molar-refractivity contribution in [2.75, 3.05) is 5.32 Å². The summed E-state index contributed by atoms with van der Waals surface area (Å²) >= 11 is 0. The van der Waals surface area contributed by atoms with E-state index in [1.807, 2.05) is 0 Å². The Bertz CT molecular complexity index is 893. The Labute approximate surface area is 166 Å². The van der Waals surface area contributed by atoms with E-state index in [9.17, 15) is 26.3 Å². The van der Waals surface area contributed by atoms with Crippen molar-refractivity contribution in [3.05, 3.63) is 72.2 Å². The number of nitrogens with one attached hydrogen (secondary N) is 1. The minimum absolute atomic E-state index is 0.248. The molecule has 0 bridgehead atoms. The topological polar surface area (TPSA) is 56.3 Å². The second-order valence-electron chi connectivity index (χ2n) is 5.92. The number of anilines is 2. The van der Waals surface area contributed by atoms with Gasteiger partial charge >= 0.3 is 12.7 Å². The Kier molecular flexibility index (Phi) is 5.99. The van der Waals surface area contributed by atoms with E-state index in [1.165, 1.54) is 48.8 Å². The fourth-order valence-corrected chi connectivity index (χ4v) is 2.48. The lowest BCUT2D eigenvalue weighted by molar-refractivity contribution is -0.275. The molecule has 30 heavy (non-hydrogen) atoms. The van der Waals surface area contributed by atoms with Crippen molar-refractivity contribution in [1.29, 1.82) is 0 Å². The van der Waals surface area contributed by atoms with Gasteiger partial charge in [0.15, 0.2) is 5.82 Å². The first-order valence-electron chi connectivity index (χ1n) is 8.35. The van der Waals surface area contributed by atoms with Gasteiger partial charge in [0.1, 0.15) is 11.5 Å². The summed E-state index contributed by atoms with van der Waals surface area (Å²) in [6, 6.07) is 10.3. The average Bonchev–Trinajstić information content (AvgIpc) is 2.64. The van der Waals surface area contributed by atoms with Crippen LogP contribution in [0.3, 0.4) is 0 Å². The molecule has 0 aliphatic heterocycles. The summed E-state index contributed by atoms with van der Waals surface area (Å²) in [4.78, 5) is 8.37. The van der Waals surface area contributed by atoms with Crippen LogP contribution in [-0.4, -0.2) is 22.7 Å². The van der Waals surface area contributed by atoms with Crippen molar-refractivity contribution in [1.82, 2.24) is 9.97 Å². The minimum atomic E-state index is -4.78. The molecule has 0 fully saturated rings. The predicted molar refractivity (Wildman–Crippen MR) is 94.4 cm³/mol. The van der Waals surface area contributed by atoms with Crippen LogP contribution in [-0.2, 0) is 6.42 Å². The largest absolute Gasteiger partial charge is 0.573 e. The highest BCUT2D eigenvalue weighted by atomic mass is 19.4. The normalized spacial score (nSPS) is 11.8. The average molecular weight is 429 g/mol. The molecule has 3 aromatic rings. The van der Waals surface area contributed by atoms with Gasteiger partial charge in [-0.1, -0.05) is 12.1 Å². The minimum Gasteiger partial charge on any atom is -0.406 e. The molecule has 11 heteroatoms. The second kappa shape index (κ2) is 8.47. The summed E-state index contributed by atoms with van der Waals surface area (Å²) in [5, 5.41) is 2.94. The molecule has 1 aromatic heterocycles. The molecule has 158 valence electrons. The number of aromatic nitrogens is 2. The van der Waals surface area contributed by atoms with Crippen molar-refractivity contribution in [2.24, 2.45) is 0 Å². The molecule has 0 aliphatic carbocycles. The Hall–Kier alpha value is -3.50. The van der Waals surface area contributed by atoms with Crippen LogP contribution >= 0.6 is 0 Å². The lowest BCUT2D eigenvalue weighted by Crippen LogP contribution is -2.17. The molecule has 1 N–H and O–H groups in total. The number of hydrogen-bond donors (Lipinski definition) is 1. The number of ether oxygens (including phenoxy) is 2. The highest BCUT2D eigenvalue weighted by Crippen LogP contribution is 2.27. The highest BCUT2D eigenvalue weighted by Gasteiger charge is 2.31. The Balaban J connectivity index is 1.70. The van der Waals surface area contributed by atoms with Crippen LogP contribution in [0.4, 0.5) is 37.8 Å². The molecule has 0 saturated heterocycles. The van der Waals surface area contributed by atoms with Crippen molar-refractivity contribution < 1.29 is 35.8 Å². The van der Waals surface area contributed by atoms with Crippen LogP contribution in [0, 0.1) is 0 Å².